The smallest absolute Gasteiger partial charge is 0.333 e. The second-order valence-electron chi connectivity index (χ2n) is 11.4. The lowest BCUT2D eigenvalue weighted by atomic mass is 9.80. The molecule has 0 amide bonds. The van der Waals surface area contributed by atoms with Gasteiger partial charge in [-0.3, -0.25) is 4.79 Å². The summed E-state index contributed by atoms with van der Waals surface area (Å²) in [6.07, 6.45) is 11.1. The molecule has 1 atom stereocenters. The van der Waals surface area contributed by atoms with Gasteiger partial charge in [-0.05, 0) is 69.6 Å². The van der Waals surface area contributed by atoms with E-state index >= 15 is 0 Å². The molecule has 1 saturated carbocycles. The van der Waals surface area contributed by atoms with E-state index in [9.17, 15) is 14.7 Å². The molecule has 1 aliphatic carbocycles. The van der Waals surface area contributed by atoms with Crippen LogP contribution in [-0.2, 0) is 25.5 Å². The van der Waals surface area contributed by atoms with Crippen molar-refractivity contribution in [1.29, 1.82) is 0 Å². The van der Waals surface area contributed by atoms with Crippen molar-refractivity contribution in [1.82, 2.24) is 0 Å². The van der Waals surface area contributed by atoms with Crippen LogP contribution in [0, 0.1) is 23.2 Å². The molecule has 0 heterocycles. The lowest BCUT2D eigenvalue weighted by Gasteiger charge is -2.28. The Labute approximate surface area is 223 Å². The zero-order valence-corrected chi connectivity index (χ0v) is 23.4. The maximum atomic E-state index is 12.3. The van der Waals surface area contributed by atoms with Gasteiger partial charge in [0.25, 0.3) is 0 Å². The normalized spacial score (nSPS) is 18.6. The first-order chi connectivity index (χ1) is 17.6. The zero-order valence-electron chi connectivity index (χ0n) is 23.4. The second kappa shape index (κ2) is 15.8. The van der Waals surface area contributed by atoms with Gasteiger partial charge in [0.05, 0.1) is 31.8 Å². The van der Waals surface area contributed by atoms with E-state index < -0.39 is 17.4 Å². The van der Waals surface area contributed by atoms with E-state index in [0.717, 1.165) is 23.8 Å². The first-order valence-corrected chi connectivity index (χ1v) is 14.0. The molecular formula is C31H48O6. The Morgan fingerprint density at radius 1 is 1.03 bits per heavy atom. The van der Waals surface area contributed by atoms with Crippen molar-refractivity contribution in [3.05, 3.63) is 42.0 Å². The van der Waals surface area contributed by atoms with Crippen molar-refractivity contribution in [3.63, 3.8) is 0 Å². The van der Waals surface area contributed by atoms with E-state index in [1.807, 2.05) is 24.3 Å². The highest BCUT2D eigenvalue weighted by atomic mass is 16.5. The molecule has 1 unspecified atom stereocenters. The number of benzene rings is 1. The summed E-state index contributed by atoms with van der Waals surface area (Å²) in [5.41, 5.74) is 0.379. The second-order valence-corrected chi connectivity index (χ2v) is 11.4. The van der Waals surface area contributed by atoms with Gasteiger partial charge in [0.2, 0.25) is 0 Å². The fraction of sp³-hybridized carbons (Fsp3) is 0.677. The van der Waals surface area contributed by atoms with E-state index in [4.69, 9.17) is 14.2 Å². The summed E-state index contributed by atoms with van der Waals surface area (Å²) in [5.74, 6) is 1.22. The first kappa shape index (κ1) is 30.9. The van der Waals surface area contributed by atoms with Gasteiger partial charge in [0.1, 0.15) is 5.75 Å². The Morgan fingerprint density at radius 2 is 1.65 bits per heavy atom. The summed E-state index contributed by atoms with van der Waals surface area (Å²) in [5, 5.41) is 9.41. The fourth-order valence-corrected chi connectivity index (χ4v) is 4.58. The third-order valence-electron chi connectivity index (χ3n) is 7.31. The number of rotatable bonds is 16. The van der Waals surface area contributed by atoms with Crippen LogP contribution < -0.4 is 4.74 Å². The third kappa shape index (κ3) is 11.3. The topological polar surface area (TPSA) is 82.1 Å². The standard InChI is InChI=1S/C31H48O6/c1-6-7-8-9-24-10-12-26(13-11-24)19-35-28-16-14-25(15-17-28)18-27(20-36-29(33)23(2)3)21-37-30(34)31(4,5)22-32/h14-17,24,26-27,32H,2,6-13,18-22H2,1,3-5H3. The first-order valence-electron chi connectivity index (χ1n) is 14.0. The maximum Gasteiger partial charge on any atom is 0.333 e. The van der Waals surface area contributed by atoms with Crippen LogP contribution in [-0.4, -0.2) is 43.5 Å². The van der Waals surface area contributed by atoms with Crippen LogP contribution in [0.1, 0.15) is 84.6 Å². The maximum absolute atomic E-state index is 12.3. The SMILES string of the molecule is C=C(C)C(=O)OCC(COC(=O)C(C)(C)CO)Cc1ccc(OCC2CCC(CCCCC)CC2)cc1. The zero-order chi connectivity index (χ0) is 27.3. The summed E-state index contributed by atoms with van der Waals surface area (Å²) < 4.78 is 16.9. The molecule has 1 aromatic carbocycles. The molecule has 0 bridgehead atoms. The van der Waals surface area contributed by atoms with Gasteiger partial charge in [0.15, 0.2) is 0 Å². The number of aliphatic hydroxyl groups is 1. The summed E-state index contributed by atoms with van der Waals surface area (Å²) in [6.45, 7) is 11.4. The van der Waals surface area contributed by atoms with Crippen LogP contribution in [0.25, 0.3) is 0 Å². The van der Waals surface area contributed by atoms with Crippen molar-refractivity contribution in [2.24, 2.45) is 23.2 Å². The molecule has 1 N–H and O–H groups in total. The van der Waals surface area contributed by atoms with Crippen molar-refractivity contribution >= 4 is 11.9 Å². The third-order valence-corrected chi connectivity index (χ3v) is 7.31. The van der Waals surface area contributed by atoms with E-state index in [1.54, 1.807) is 20.8 Å². The molecule has 0 radical (unpaired) electrons. The van der Waals surface area contributed by atoms with Gasteiger partial charge in [-0.1, -0.05) is 64.2 Å². The van der Waals surface area contributed by atoms with Crippen LogP contribution >= 0.6 is 0 Å². The van der Waals surface area contributed by atoms with Crippen molar-refractivity contribution in [2.75, 3.05) is 26.4 Å². The van der Waals surface area contributed by atoms with Crippen LogP contribution in [0.5, 0.6) is 5.75 Å². The molecular weight excluding hydrogens is 468 g/mol. The lowest BCUT2D eigenvalue weighted by molar-refractivity contribution is -0.158. The monoisotopic (exact) mass is 516 g/mol. The van der Waals surface area contributed by atoms with Gasteiger partial charge >= 0.3 is 11.9 Å². The number of carbonyl (C=O) groups excluding carboxylic acids is 2. The van der Waals surface area contributed by atoms with Crippen LogP contribution in [0.15, 0.2) is 36.4 Å². The van der Waals surface area contributed by atoms with Crippen molar-refractivity contribution in [3.8, 4) is 5.75 Å². The number of unbranched alkanes of at least 4 members (excludes halogenated alkanes) is 2. The molecule has 1 fully saturated rings. The molecule has 0 saturated heterocycles. The molecule has 0 aromatic heterocycles. The van der Waals surface area contributed by atoms with Gasteiger partial charge in [-0.2, -0.15) is 0 Å². The highest BCUT2D eigenvalue weighted by molar-refractivity contribution is 5.86. The minimum atomic E-state index is -0.980. The largest absolute Gasteiger partial charge is 0.493 e. The minimum Gasteiger partial charge on any atom is -0.493 e. The van der Waals surface area contributed by atoms with E-state index in [-0.39, 0.29) is 25.7 Å². The van der Waals surface area contributed by atoms with Crippen LogP contribution in [0.2, 0.25) is 0 Å². The molecule has 2 rings (SSSR count). The lowest BCUT2D eigenvalue weighted by Crippen LogP contribution is -2.32. The molecule has 0 aliphatic heterocycles. The Balaban J connectivity index is 1.84. The van der Waals surface area contributed by atoms with Crippen molar-refractivity contribution < 1.29 is 28.9 Å². The molecule has 1 aromatic rings. The number of hydrogen-bond acceptors (Lipinski definition) is 6. The Morgan fingerprint density at radius 3 is 2.24 bits per heavy atom. The van der Waals surface area contributed by atoms with Crippen molar-refractivity contribution in [2.45, 2.75) is 85.5 Å². The summed E-state index contributed by atoms with van der Waals surface area (Å²) in [4.78, 5) is 24.2. The summed E-state index contributed by atoms with van der Waals surface area (Å²) in [7, 11) is 0. The highest BCUT2D eigenvalue weighted by Gasteiger charge is 2.29. The molecule has 0 spiro atoms. The average Bonchev–Trinajstić information content (AvgIpc) is 2.90. The molecule has 6 heteroatoms. The molecule has 37 heavy (non-hydrogen) atoms. The summed E-state index contributed by atoms with van der Waals surface area (Å²) >= 11 is 0. The average molecular weight is 517 g/mol. The number of aliphatic hydroxyl groups excluding tert-OH is 1. The number of esters is 2. The molecule has 6 nitrogen and oxygen atoms in total. The minimum absolute atomic E-state index is 0.0884. The number of carbonyl (C=O) groups is 2. The number of ether oxygens (including phenoxy) is 3. The van der Waals surface area contributed by atoms with Gasteiger partial charge in [-0.25, -0.2) is 4.79 Å². The van der Waals surface area contributed by atoms with Gasteiger partial charge in [-0.15, -0.1) is 0 Å². The Bertz CT molecular complexity index is 836. The van der Waals surface area contributed by atoms with E-state index in [2.05, 4.69) is 13.5 Å². The quantitative estimate of drug-likeness (QED) is 0.158. The number of hydrogen-bond donors (Lipinski definition) is 1. The van der Waals surface area contributed by atoms with Crippen LogP contribution in [0.4, 0.5) is 0 Å². The Kier molecular flexibility index (Phi) is 13.2. The van der Waals surface area contributed by atoms with E-state index in [0.29, 0.717) is 17.9 Å². The predicted molar refractivity (Wildman–Crippen MR) is 146 cm³/mol. The molecule has 1 aliphatic rings. The van der Waals surface area contributed by atoms with E-state index in [1.165, 1.54) is 51.4 Å². The van der Waals surface area contributed by atoms with Gasteiger partial charge in [0, 0.05) is 11.5 Å². The van der Waals surface area contributed by atoms with Gasteiger partial charge < -0.3 is 19.3 Å². The molecule has 208 valence electrons. The van der Waals surface area contributed by atoms with Crippen LogP contribution in [0.3, 0.4) is 0 Å². The highest BCUT2D eigenvalue weighted by Crippen LogP contribution is 2.32. The predicted octanol–water partition coefficient (Wildman–Crippen LogP) is 6.29. The fourth-order valence-electron chi connectivity index (χ4n) is 4.58. The summed E-state index contributed by atoms with van der Waals surface area (Å²) in [6, 6.07) is 7.97. The Hall–Kier alpha value is -2.34.